The minimum absolute atomic E-state index is 0.00248. The number of rotatable bonds is 5. The maximum Gasteiger partial charge on any atom is 0.297 e. The summed E-state index contributed by atoms with van der Waals surface area (Å²) in [5.41, 5.74) is 2.64. The minimum Gasteiger partial charge on any atom is -0.314 e. The predicted octanol–water partition coefficient (Wildman–Crippen LogP) is 0.327. The second kappa shape index (κ2) is 7.20. The standard InChI is InChI=1S/C17H23N7O2/c1-5-21(2)11-15(25)22(3)13-7-6-12-8-9-24(14(12)10-13)17(26)16-18-19-20-23(16)4/h6-7,10H,5,8-9,11H2,1-4H3. The molecule has 138 valence electrons. The fraction of sp³-hybridized carbons (Fsp3) is 0.471. The fourth-order valence-electron chi connectivity index (χ4n) is 2.91. The minimum atomic E-state index is -0.243. The highest BCUT2D eigenvalue weighted by atomic mass is 16.2. The number of amides is 2. The van der Waals surface area contributed by atoms with Crippen LogP contribution in [0.1, 0.15) is 23.1 Å². The summed E-state index contributed by atoms with van der Waals surface area (Å²) in [5.74, 6) is -0.0481. The smallest absolute Gasteiger partial charge is 0.297 e. The molecule has 0 atom stereocenters. The van der Waals surface area contributed by atoms with Crippen LogP contribution in [0.3, 0.4) is 0 Å². The lowest BCUT2D eigenvalue weighted by Crippen LogP contribution is -2.36. The van der Waals surface area contributed by atoms with Crippen LogP contribution >= 0.6 is 0 Å². The van der Waals surface area contributed by atoms with Gasteiger partial charge in [-0.2, -0.15) is 0 Å². The van der Waals surface area contributed by atoms with E-state index in [-0.39, 0.29) is 17.6 Å². The van der Waals surface area contributed by atoms with Gasteiger partial charge in [-0.3, -0.25) is 14.5 Å². The number of hydrogen-bond acceptors (Lipinski definition) is 6. The highest BCUT2D eigenvalue weighted by molar-refractivity contribution is 6.05. The van der Waals surface area contributed by atoms with E-state index in [1.807, 2.05) is 37.1 Å². The van der Waals surface area contributed by atoms with Crippen molar-refractivity contribution < 1.29 is 9.59 Å². The third-order valence-electron chi connectivity index (χ3n) is 4.73. The number of benzene rings is 1. The summed E-state index contributed by atoms with van der Waals surface area (Å²) in [4.78, 5) is 30.4. The van der Waals surface area contributed by atoms with Gasteiger partial charge in [0.2, 0.25) is 11.7 Å². The molecule has 3 rings (SSSR count). The Morgan fingerprint density at radius 1 is 1.27 bits per heavy atom. The van der Waals surface area contributed by atoms with Crippen molar-refractivity contribution in [2.24, 2.45) is 7.05 Å². The Morgan fingerprint density at radius 2 is 2.04 bits per heavy atom. The van der Waals surface area contributed by atoms with Crippen LogP contribution in [0.5, 0.6) is 0 Å². The van der Waals surface area contributed by atoms with E-state index in [0.29, 0.717) is 13.1 Å². The molecule has 9 heteroatoms. The molecule has 0 unspecified atom stereocenters. The van der Waals surface area contributed by atoms with Gasteiger partial charge < -0.3 is 9.80 Å². The quantitative estimate of drug-likeness (QED) is 0.766. The Labute approximate surface area is 152 Å². The molecular formula is C17H23N7O2. The third kappa shape index (κ3) is 3.30. The van der Waals surface area contributed by atoms with Gasteiger partial charge in [0.1, 0.15) is 0 Å². The number of nitrogens with zero attached hydrogens (tertiary/aromatic N) is 7. The average molecular weight is 357 g/mol. The Bertz CT molecular complexity index is 832. The van der Waals surface area contributed by atoms with Crippen LogP contribution in [-0.2, 0) is 18.3 Å². The molecule has 1 aliphatic rings. The highest BCUT2D eigenvalue weighted by Crippen LogP contribution is 2.32. The first kappa shape index (κ1) is 18.0. The molecule has 2 heterocycles. The molecule has 1 aliphatic heterocycles. The third-order valence-corrected chi connectivity index (χ3v) is 4.73. The lowest BCUT2D eigenvalue weighted by atomic mass is 10.1. The number of hydrogen-bond donors (Lipinski definition) is 0. The van der Waals surface area contributed by atoms with Gasteiger partial charge >= 0.3 is 0 Å². The van der Waals surface area contributed by atoms with Crippen LogP contribution in [0.2, 0.25) is 0 Å². The summed E-state index contributed by atoms with van der Waals surface area (Å²) in [6.45, 7) is 3.73. The zero-order chi connectivity index (χ0) is 18.8. The topological polar surface area (TPSA) is 87.5 Å². The first-order valence-electron chi connectivity index (χ1n) is 8.54. The molecule has 1 aromatic carbocycles. The number of aromatic nitrogens is 4. The van der Waals surface area contributed by atoms with E-state index in [0.717, 1.165) is 29.9 Å². The van der Waals surface area contributed by atoms with Crippen LogP contribution in [0, 0.1) is 0 Å². The summed E-state index contributed by atoms with van der Waals surface area (Å²) >= 11 is 0. The monoisotopic (exact) mass is 357 g/mol. The molecule has 0 bridgehead atoms. The zero-order valence-electron chi connectivity index (χ0n) is 15.5. The van der Waals surface area contributed by atoms with Gasteiger partial charge in [0.05, 0.1) is 6.54 Å². The van der Waals surface area contributed by atoms with Crippen molar-refractivity contribution in [1.82, 2.24) is 25.1 Å². The van der Waals surface area contributed by atoms with Crippen molar-refractivity contribution in [3.8, 4) is 0 Å². The van der Waals surface area contributed by atoms with Crippen molar-refractivity contribution in [2.45, 2.75) is 13.3 Å². The molecule has 2 amide bonds. The van der Waals surface area contributed by atoms with Crippen LogP contribution < -0.4 is 9.80 Å². The van der Waals surface area contributed by atoms with Gasteiger partial charge in [0, 0.05) is 32.0 Å². The molecule has 0 fully saturated rings. The van der Waals surface area contributed by atoms with Gasteiger partial charge in [-0.15, -0.1) is 5.10 Å². The molecule has 0 aliphatic carbocycles. The molecule has 0 spiro atoms. The molecule has 9 nitrogen and oxygen atoms in total. The molecule has 2 aromatic rings. The fourth-order valence-corrected chi connectivity index (χ4v) is 2.91. The van der Waals surface area contributed by atoms with Crippen LogP contribution in [-0.4, -0.2) is 70.7 Å². The highest BCUT2D eigenvalue weighted by Gasteiger charge is 2.29. The van der Waals surface area contributed by atoms with Crippen molar-refractivity contribution >= 4 is 23.2 Å². The Morgan fingerprint density at radius 3 is 2.69 bits per heavy atom. The van der Waals surface area contributed by atoms with Crippen molar-refractivity contribution in [3.63, 3.8) is 0 Å². The second-order valence-corrected chi connectivity index (χ2v) is 6.43. The second-order valence-electron chi connectivity index (χ2n) is 6.43. The molecular weight excluding hydrogens is 334 g/mol. The van der Waals surface area contributed by atoms with E-state index >= 15 is 0 Å². The maximum atomic E-state index is 12.8. The molecule has 0 saturated heterocycles. The van der Waals surface area contributed by atoms with Crippen molar-refractivity contribution in [2.75, 3.05) is 43.5 Å². The zero-order valence-corrected chi connectivity index (χ0v) is 15.5. The Kier molecular flexibility index (Phi) is 4.99. The molecule has 1 aromatic heterocycles. The summed E-state index contributed by atoms with van der Waals surface area (Å²) in [6, 6.07) is 5.77. The number of fused-ring (bicyclic) bond motifs is 1. The summed E-state index contributed by atoms with van der Waals surface area (Å²) in [7, 11) is 5.29. The lowest BCUT2D eigenvalue weighted by Gasteiger charge is -2.23. The SMILES string of the molecule is CCN(C)CC(=O)N(C)c1ccc2c(c1)N(C(=O)c1nnnn1C)CC2. The molecule has 0 saturated carbocycles. The van der Waals surface area contributed by atoms with Gasteiger partial charge in [-0.1, -0.05) is 13.0 Å². The number of carbonyl (C=O) groups is 2. The van der Waals surface area contributed by atoms with Gasteiger partial charge in [-0.05, 0) is 48.1 Å². The first-order chi connectivity index (χ1) is 12.4. The van der Waals surface area contributed by atoms with Crippen LogP contribution in [0.4, 0.5) is 11.4 Å². The van der Waals surface area contributed by atoms with E-state index in [9.17, 15) is 9.59 Å². The molecule has 26 heavy (non-hydrogen) atoms. The Balaban J connectivity index is 1.84. The number of carbonyl (C=O) groups excluding carboxylic acids is 2. The van der Waals surface area contributed by atoms with Crippen molar-refractivity contribution in [3.05, 3.63) is 29.6 Å². The van der Waals surface area contributed by atoms with Gasteiger partial charge in [0.15, 0.2) is 0 Å². The normalized spacial score (nSPS) is 13.2. The van der Waals surface area contributed by atoms with E-state index in [1.54, 1.807) is 23.9 Å². The van der Waals surface area contributed by atoms with Gasteiger partial charge in [-0.25, -0.2) is 4.68 Å². The van der Waals surface area contributed by atoms with E-state index < -0.39 is 0 Å². The number of aryl methyl sites for hydroxylation is 1. The van der Waals surface area contributed by atoms with Crippen LogP contribution in [0.25, 0.3) is 0 Å². The molecule has 0 radical (unpaired) electrons. The average Bonchev–Trinajstić information content (AvgIpc) is 3.25. The lowest BCUT2D eigenvalue weighted by molar-refractivity contribution is -0.119. The maximum absolute atomic E-state index is 12.8. The van der Waals surface area contributed by atoms with Gasteiger partial charge in [0.25, 0.3) is 5.91 Å². The summed E-state index contributed by atoms with van der Waals surface area (Å²) in [6.07, 6.45) is 0.767. The van der Waals surface area contributed by atoms with E-state index in [2.05, 4.69) is 15.5 Å². The Hall–Kier alpha value is -2.81. The van der Waals surface area contributed by atoms with E-state index in [4.69, 9.17) is 0 Å². The largest absolute Gasteiger partial charge is 0.314 e. The number of likely N-dealkylation sites (N-methyl/N-ethyl adjacent to an activating group) is 2. The molecule has 0 N–H and O–H groups in total. The number of anilines is 2. The summed E-state index contributed by atoms with van der Waals surface area (Å²) < 4.78 is 1.36. The summed E-state index contributed by atoms with van der Waals surface area (Å²) in [5, 5.41) is 11.1. The first-order valence-corrected chi connectivity index (χ1v) is 8.54. The van der Waals surface area contributed by atoms with Crippen LogP contribution in [0.15, 0.2) is 18.2 Å². The van der Waals surface area contributed by atoms with Crippen molar-refractivity contribution in [1.29, 1.82) is 0 Å². The predicted molar refractivity (Wildman–Crippen MR) is 97.2 cm³/mol. The van der Waals surface area contributed by atoms with E-state index in [1.165, 1.54) is 4.68 Å². The number of tetrazole rings is 1.